The molecule has 1 unspecified atom stereocenters. The van der Waals surface area contributed by atoms with Crippen LogP contribution in [0.5, 0.6) is 0 Å². The lowest BCUT2D eigenvalue weighted by molar-refractivity contribution is 0.187. The zero-order valence-electron chi connectivity index (χ0n) is 9.54. The van der Waals surface area contributed by atoms with E-state index in [1.54, 1.807) is 7.11 Å². The van der Waals surface area contributed by atoms with Crippen molar-refractivity contribution in [3.63, 3.8) is 0 Å². The molecule has 0 rings (SSSR count). The summed E-state index contributed by atoms with van der Waals surface area (Å²) >= 11 is 0. The van der Waals surface area contributed by atoms with E-state index < -0.39 is 0 Å². The van der Waals surface area contributed by atoms with Crippen molar-refractivity contribution in [3.8, 4) is 0 Å². The Morgan fingerprint density at radius 1 is 1.57 bits per heavy atom. The zero-order valence-corrected chi connectivity index (χ0v) is 9.54. The number of likely N-dealkylation sites (N-methyl/N-ethyl adjacent to an activating group) is 1. The Morgan fingerprint density at radius 2 is 2.29 bits per heavy atom. The summed E-state index contributed by atoms with van der Waals surface area (Å²) in [7, 11) is 1.72. The molecule has 2 N–H and O–H groups in total. The number of nitrogens with two attached hydrogens (primary N) is 1. The van der Waals surface area contributed by atoms with E-state index in [-0.39, 0.29) is 6.04 Å². The maximum atomic E-state index is 5.99. The standard InChI is InChI=1S/C11H24N2O/c1-4-8-13(5-2)10-11(12)7-6-9-14-3/h4,11H,1,5-10,12H2,2-3H3. The third-order valence-corrected chi connectivity index (χ3v) is 2.25. The maximum absolute atomic E-state index is 5.99. The predicted molar refractivity (Wildman–Crippen MR) is 61.4 cm³/mol. The Morgan fingerprint density at radius 3 is 2.79 bits per heavy atom. The molecule has 0 fully saturated rings. The number of methoxy groups -OCH3 is 1. The van der Waals surface area contributed by atoms with Crippen molar-refractivity contribution < 1.29 is 4.74 Å². The summed E-state index contributed by atoms with van der Waals surface area (Å²) in [5.74, 6) is 0. The maximum Gasteiger partial charge on any atom is 0.0462 e. The number of ether oxygens (including phenoxy) is 1. The van der Waals surface area contributed by atoms with E-state index in [4.69, 9.17) is 10.5 Å². The van der Waals surface area contributed by atoms with Crippen LogP contribution in [0.1, 0.15) is 19.8 Å². The van der Waals surface area contributed by atoms with Crippen LogP contribution in [0.2, 0.25) is 0 Å². The number of hydrogen-bond donors (Lipinski definition) is 1. The Kier molecular flexibility index (Phi) is 8.94. The second-order valence-electron chi connectivity index (χ2n) is 3.54. The average Bonchev–Trinajstić information content (AvgIpc) is 2.17. The topological polar surface area (TPSA) is 38.5 Å². The summed E-state index contributed by atoms with van der Waals surface area (Å²) in [4.78, 5) is 2.30. The molecule has 1 atom stereocenters. The van der Waals surface area contributed by atoms with Gasteiger partial charge in [-0.15, -0.1) is 6.58 Å². The summed E-state index contributed by atoms with van der Waals surface area (Å²) in [6, 6.07) is 0.255. The van der Waals surface area contributed by atoms with Crippen molar-refractivity contribution in [1.29, 1.82) is 0 Å². The van der Waals surface area contributed by atoms with E-state index in [1.807, 2.05) is 6.08 Å². The first kappa shape index (κ1) is 13.6. The first-order valence-electron chi connectivity index (χ1n) is 5.32. The Labute approximate surface area is 87.9 Å². The molecule has 0 heterocycles. The summed E-state index contributed by atoms with van der Waals surface area (Å²) < 4.78 is 4.99. The van der Waals surface area contributed by atoms with Crippen molar-refractivity contribution in [3.05, 3.63) is 12.7 Å². The Balaban J connectivity index is 3.55. The van der Waals surface area contributed by atoms with E-state index in [2.05, 4.69) is 18.4 Å². The fraction of sp³-hybridized carbons (Fsp3) is 0.818. The van der Waals surface area contributed by atoms with Gasteiger partial charge in [0, 0.05) is 32.8 Å². The van der Waals surface area contributed by atoms with E-state index in [9.17, 15) is 0 Å². The monoisotopic (exact) mass is 200 g/mol. The highest BCUT2D eigenvalue weighted by molar-refractivity contribution is 4.76. The quantitative estimate of drug-likeness (QED) is 0.450. The molecule has 0 aromatic rings. The van der Waals surface area contributed by atoms with Crippen molar-refractivity contribution in [2.75, 3.05) is 33.4 Å². The van der Waals surface area contributed by atoms with Gasteiger partial charge in [-0.1, -0.05) is 13.0 Å². The molecule has 14 heavy (non-hydrogen) atoms. The van der Waals surface area contributed by atoms with E-state index >= 15 is 0 Å². The molecule has 0 saturated heterocycles. The Hall–Kier alpha value is -0.380. The lowest BCUT2D eigenvalue weighted by atomic mass is 10.1. The van der Waals surface area contributed by atoms with Gasteiger partial charge in [0.1, 0.15) is 0 Å². The van der Waals surface area contributed by atoms with Crippen LogP contribution in [0.3, 0.4) is 0 Å². The van der Waals surface area contributed by atoms with Crippen LogP contribution in [0.15, 0.2) is 12.7 Å². The number of nitrogens with zero attached hydrogens (tertiary/aromatic N) is 1. The smallest absolute Gasteiger partial charge is 0.0462 e. The van der Waals surface area contributed by atoms with Gasteiger partial charge in [-0.25, -0.2) is 0 Å². The molecular formula is C11H24N2O. The fourth-order valence-corrected chi connectivity index (χ4v) is 1.43. The van der Waals surface area contributed by atoms with Crippen LogP contribution in [-0.4, -0.2) is 44.3 Å². The van der Waals surface area contributed by atoms with E-state index in [1.165, 1.54) is 0 Å². The SMILES string of the molecule is C=CCN(CC)CC(N)CCCOC. The van der Waals surface area contributed by atoms with Gasteiger partial charge in [-0.3, -0.25) is 4.90 Å². The van der Waals surface area contributed by atoms with Gasteiger partial charge in [0.2, 0.25) is 0 Å². The normalized spacial score (nSPS) is 13.1. The van der Waals surface area contributed by atoms with Crippen LogP contribution >= 0.6 is 0 Å². The average molecular weight is 200 g/mol. The molecule has 0 aromatic heterocycles. The molecular weight excluding hydrogens is 176 g/mol. The second kappa shape index (κ2) is 9.19. The van der Waals surface area contributed by atoms with Crippen molar-refractivity contribution in [2.24, 2.45) is 5.73 Å². The van der Waals surface area contributed by atoms with Crippen LogP contribution < -0.4 is 5.73 Å². The summed E-state index contributed by atoms with van der Waals surface area (Å²) in [6.07, 6.45) is 4.00. The van der Waals surface area contributed by atoms with Gasteiger partial charge in [-0.05, 0) is 19.4 Å². The molecule has 0 saturated carbocycles. The third kappa shape index (κ3) is 7.06. The van der Waals surface area contributed by atoms with Gasteiger partial charge in [0.05, 0.1) is 0 Å². The summed E-state index contributed by atoms with van der Waals surface area (Å²) in [6.45, 7) is 9.59. The van der Waals surface area contributed by atoms with Crippen LogP contribution in [0.4, 0.5) is 0 Å². The largest absolute Gasteiger partial charge is 0.385 e. The third-order valence-electron chi connectivity index (χ3n) is 2.25. The van der Waals surface area contributed by atoms with Gasteiger partial charge >= 0.3 is 0 Å². The highest BCUT2D eigenvalue weighted by atomic mass is 16.5. The lowest BCUT2D eigenvalue weighted by Crippen LogP contribution is -2.37. The second-order valence-corrected chi connectivity index (χ2v) is 3.54. The van der Waals surface area contributed by atoms with Crippen molar-refractivity contribution in [1.82, 2.24) is 4.90 Å². The van der Waals surface area contributed by atoms with Crippen LogP contribution in [0.25, 0.3) is 0 Å². The van der Waals surface area contributed by atoms with Gasteiger partial charge < -0.3 is 10.5 Å². The highest BCUT2D eigenvalue weighted by Crippen LogP contribution is 1.98. The molecule has 0 aromatic carbocycles. The van der Waals surface area contributed by atoms with Crippen LogP contribution in [-0.2, 0) is 4.74 Å². The van der Waals surface area contributed by atoms with E-state index in [0.29, 0.717) is 0 Å². The molecule has 3 heteroatoms. The molecule has 0 amide bonds. The molecule has 0 aliphatic carbocycles. The van der Waals surface area contributed by atoms with Crippen LogP contribution in [0, 0.1) is 0 Å². The van der Waals surface area contributed by atoms with Gasteiger partial charge in [0.15, 0.2) is 0 Å². The van der Waals surface area contributed by atoms with E-state index in [0.717, 1.165) is 39.1 Å². The summed E-state index contributed by atoms with van der Waals surface area (Å²) in [5.41, 5.74) is 5.99. The Bertz CT molecular complexity index is 139. The molecule has 3 nitrogen and oxygen atoms in total. The minimum absolute atomic E-state index is 0.255. The predicted octanol–water partition coefficient (Wildman–Crippen LogP) is 1.25. The lowest BCUT2D eigenvalue weighted by Gasteiger charge is -2.22. The molecule has 84 valence electrons. The zero-order chi connectivity index (χ0) is 10.8. The first-order valence-corrected chi connectivity index (χ1v) is 5.32. The summed E-state index contributed by atoms with van der Waals surface area (Å²) in [5, 5.41) is 0. The molecule has 0 radical (unpaired) electrons. The first-order chi connectivity index (χ1) is 6.74. The minimum Gasteiger partial charge on any atom is -0.385 e. The van der Waals surface area contributed by atoms with Crippen molar-refractivity contribution >= 4 is 0 Å². The number of hydrogen-bond acceptors (Lipinski definition) is 3. The molecule has 0 bridgehead atoms. The molecule has 0 aliphatic heterocycles. The number of rotatable bonds is 9. The highest BCUT2D eigenvalue weighted by Gasteiger charge is 2.07. The molecule has 0 spiro atoms. The fourth-order valence-electron chi connectivity index (χ4n) is 1.43. The minimum atomic E-state index is 0.255. The van der Waals surface area contributed by atoms with Gasteiger partial charge in [-0.2, -0.15) is 0 Å². The molecule has 0 aliphatic rings. The van der Waals surface area contributed by atoms with Gasteiger partial charge in [0.25, 0.3) is 0 Å². The van der Waals surface area contributed by atoms with Crippen molar-refractivity contribution in [2.45, 2.75) is 25.8 Å².